The van der Waals surface area contributed by atoms with Crippen LogP contribution in [0.25, 0.3) is 11.0 Å². The summed E-state index contributed by atoms with van der Waals surface area (Å²) in [5, 5.41) is 1.84. The Morgan fingerprint density at radius 3 is 2.75 bits per heavy atom. The predicted molar refractivity (Wildman–Crippen MR) is 80.4 cm³/mol. The van der Waals surface area contributed by atoms with Gasteiger partial charge in [-0.1, -0.05) is 0 Å². The first-order chi connectivity index (χ1) is 9.58. The largest absolute Gasteiger partial charge is 0.378 e. The molecule has 108 valence electrons. The topological polar surface area (TPSA) is 30.3 Å². The van der Waals surface area contributed by atoms with E-state index in [-0.39, 0.29) is 11.2 Å². The van der Waals surface area contributed by atoms with E-state index >= 15 is 0 Å². The Morgan fingerprint density at radius 2 is 2.10 bits per heavy atom. The number of nitrogens with zero attached hydrogens (tertiary/aromatic N) is 3. The van der Waals surface area contributed by atoms with Crippen LogP contribution in [0.1, 0.15) is 18.1 Å². The molecule has 0 spiro atoms. The number of hydrogen-bond donors (Lipinski definition) is 0. The van der Waals surface area contributed by atoms with Gasteiger partial charge >= 0.3 is 0 Å². The van der Waals surface area contributed by atoms with Crippen LogP contribution < -0.4 is 5.01 Å². The summed E-state index contributed by atoms with van der Waals surface area (Å²) in [4.78, 5) is 4.54. The molecule has 7 heteroatoms. The molecule has 1 unspecified atom stereocenters. The molecule has 1 saturated heterocycles. The van der Waals surface area contributed by atoms with Crippen LogP contribution in [-0.2, 0) is 4.74 Å². The summed E-state index contributed by atoms with van der Waals surface area (Å²) in [5.74, 6) is 0.418. The molecule has 2 aromatic rings. The molecule has 2 heterocycles. The molecule has 1 aromatic carbocycles. The first kappa shape index (κ1) is 14.1. The molecule has 0 bridgehead atoms. The molecule has 0 radical (unpaired) electrons. The Morgan fingerprint density at radius 1 is 1.40 bits per heavy atom. The minimum Gasteiger partial charge on any atom is -0.378 e. The maximum atomic E-state index is 13.8. The average Bonchev–Trinajstić information content (AvgIpc) is 2.79. The van der Waals surface area contributed by atoms with Gasteiger partial charge < -0.3 is 9.75 Å². The monoisotopic (exact) mass is 361 g/mol. The van der Waals surface area contributed by atoms with Crippen molar-refractivity contribution in [1.29, 1.82) is 0 Å². The van der Waals surface area contributed by atoms with Crippen molar-refractivity contribution in [3.8, 4) is 0 Å². The summed E-state index contributed by atoms with van der Waals surface area (Å²) < 4.78 is 21.5. The molecule has 1 aliphatic rings. The molecule has 20 heavy (non-hydrogen) atoms. The standard InChI is InChI=1S/C13H14BrClFN3O/c1-8(15)13-17-11-6-9(14)10(16)7-12(11)19(13)18-2-4-20-5-3-18/h6-8H,2-5H2,1H3. The Balaban J connectivity index is 2.20. The fourth-order valence-electron chi connectivity index (χ4n) is 2.39. The summed E-state index contributed by atoms with van der Waals surface area (Å²) in [6.45, 7) is 4.63. The third kappa shape index (κ3) is 2.40. The minimum atomic E-state index is -0.305. The first-order valence-electron chi connectivity index (χ1n) is 6.42. The smallest absolute Gasteiger partial charge is 0.146 e. The molecule has 0 N–H and O–H groups in total. The molecule has 1 atom stereocenters. The van der Waals surface area contributed by atoms with Gasteiger partial charge in [0, 0.05) is 6.07 Å². The second-order valence-corrected chi connectivity index (χ2v) is 6.23. The van der Waals surface area contributed by atoms with E-state index < -0.39 is 0 Å². The summed E-state index contributed by atoms with van der Waals surface area (Å²) in [7, 11) is 0. The summed E-state index contributed by atoms with van der Waals surface area (Å²) in [5.41, 5.74) is 1.46. The number of morpholine rings is 1. The molecular weight excluding hydrogens is 349 g/mol. The third-order valence-corrected chi connectivity index (χ3v) is 4.13. The van der Waals surface area contributed by atoms with Crippen molar-refractivity contribution in [3.63, 3.8) is 0 Å². The first-order valence-corrected chi connectivity index (χ1v) is 7.65. The van der Waals surface area contributed by atoms with E-state index in [9.17, 15) is 4.39 Å². The normalized spacial score (nSPS) is 17.7. The van der Waals surface area contributed by atoms with Gasteiger partial charge in [-0.3, -0.25) is 0 Å². The van der Waals surface area contributed by atoms with Crippen LogP contribution in [0.4, 0.5) is 4.39 Å². The maximum Gasteiger partial charge on any atom is 0.146 e. The highest BCUT2D eigenvalue weighted by Gasteiger charge is 2.22. The Labute approximate surface area is 129 Å². The highest BCUT2D eigenvalue weighted by Crippen LogP contribution is 2.28. The molecule has 3 rings (SSSR count). The van der Waals surface area contributed by atoms with Gasteiger partial charge in [-0.15, -0.1) is 11.6 Å². The highest BCUT2D eigenvalue weighted by atomic mass is 79.9. The van der Waals surface area contributed by atoms with E-state index in [2.05, 4.69) is 25.9 Å². The van der Waals surface area contributed by atoms with Crippen molar-refractivity contribution in [2.75, 3.05) is 31.3 Å². The van der Waals surface area contributed by atoms with E-state index in [1.165, 1.54) is 6.07 Å². The van der Waals surface area contributed by atoms with Crippen molar-refractivity contribution in [1.82, 2.24) is 9.66 Å². The van der Waals surface area contributed by atoms with Crippen molar-refractivity contribution in [2.45, 2.75) is 12.3 Å². The zero-order valence-electron chi connectivity index (χ0n) is 10.9. The molecule has 0 aliphatic carbocycles. The second kappa shape index (κ2) is 5.50. The van der Waals surface area contributed by atoms with Gasteiger partial charge in [0.2, 0.25) is 0 Å². The number of rotatable bonds is 2. The van der Waals surface area contributed by atoms with Gasteiger partial charge in [-0.05, 0) is 28.9 Å². The van der Waals surface area contributed by atoms with Crippen LogP contribution in [0.3, 0.4) is 0 Å². The lowest BCUT2D eigenvalue weighted by atomic mass is 10.3. The molecule has 1 fully saturated rings. The van der Waals surface area contributed by atoms with Crippen molar-refractivity contribution in [3.05, 3.63) is 28.2 Å². The molecule has 4 nitrogen and oxygen atoms in total. The quantitative estimate of drug-likeness (QED) is 0.769. The average molecular weight is 363 g/mol. The number of hydrogen-bond acceptors (Lipinski definition) is 3. The molecule has 1 aromatic heterocycles. The van der Waals surface area contributed by atoms with Gasteiger partial charge in [-0.2, -0.15) is 0 Å². The lowest BCUT2D eigenvalue weighted by Crippen LogP contribution is -2.44. The fourth-order valence-corrected chi connectivity index (χ4v) is 2.86. The number of fused-ring (bicyclic) bond motifs is 1. The van der Waals surface area contributed by atoms with E-state index in [0.717, 1.165) is 29.9 Å². The summed E-state index contributed by atoms with van der Waals surface area (Å²) >= 11 is 9.42. The second-order valence-electron chi connectivity index (χ2n) is 4.72. The number of alkyl halides is 1. The highest BCUT2D eigenvalue weighted by molar-refractivity contribution is 9.10. The van der Waals surface area contributed by atoms with E-state index in [1.807, 2.05) is 11.6 Å². The van der Waals surface area contributed by atoms with Gasteiger partial charge in [0.1, 0.15) is 11.6 Å². The van der Waals surface area contributed by atoms with Crippen LogP contribution in [0.2, 0.25) is 0 Å². The fraction of sp³-hybridized carbons (Fsp3) is 0.462. The van der Waals surface area contributed by atoms with Crippen molar-refractivity contribution < 1.29 is 9.13 Å². The van der Waals surface area contributed by atoms with Crippen LogP contribution in [0.15, 0.2) is 16.6 Å². The maximum absolute atomic E-state index is 13.8. The minimum absolute atomic E-state index is 0.257. The van der Waals surface area contributed by atoms with Crippen LogP contribution >= 0.6 is 27.5 Å². The van der Waals surface area contributed by atoms with Gasteiger partial charge in [0.15, 0.2) is 0 Å². The lowest BCUT2D eigenvalue weighted by molar-refractivity contribution is 0.111. The van der Waals surface area contributed by atoms with E-state index in [1.54, 1.807) is 6.07 Å². The zero-order chi connectivity index (χ0) is 14.3. The SMILES string of the molecule is CC(Cl)c1nc2cc(Br)c(F)cc2n1N1CCOCC1. The van der Waals surface area contributed by atoms with Crippen LogP contribution in [0.5, 0.6) is 0 Å². The number of ether oxygens (including phenoxy) is 1. The molecule has 1 aliphatic heterocycles. The Kier molecular flexibility index (Phi) is 3.88. The summed E-state index contributed by atoms with van der Waals surface area (Å²) in [6.07, 6.45) is 0. The van der Waals surface area contributed by atoms with E-state index in [0.29, 0.717) is 17.7 Å². The van der Waals surface area contributed by atoms with Crippen LogP contribution in [-0.4, -0.2) is 36.0 Å². The number of benzene rings is 1. The Hall–Kier alpha value is -0.850. The van der Waals surface area contributed by atoms with E-state index in [4.69, 9.17) is 16.3 Å². The van der Waals surface area contributed by atoms with Crippen molar-refractivity contribution >= 4 is 38.6 Å². The van der Waals surface area contributed by atoms with Gasteiger partial charge in [0.25, 0.3) is 0 Å². The molecular formula is C13H14BrClFN3O. The lowest BCUT2D eigenvalue weighted by Gasteiger charge is -2.31. The number of imidazole rings is 1. The number of aromatic nitrogens is 2. The van der Waals surface area contributed by atoms with Crippen LogP contribution in [0, 0.1) is 5.82 Å². The van der Waals surface area contributed by atoms with Crippen molar-refractivity contribution in [2.24, 2.45) is 0 Å². The third-order valence-electron chi connectivity index (χ3n) is 3.32. The van der Waals surface area contributed by atoms with Gasteiger partial charge in [-0.25, -0.2) is 14.1 Å². The zero-order valence-corrected chi connectivity index (χ0v) is 13.3. The molecule has 0 amide bonds. The number of halogens is 3. The molecule has 0 saturated carbocycles. The van der Waals surface area contributed by atoms with Gasteiger partial charge in [0.05, 0.1) is 47.2 Å². The summed E-state index contributed by atoms with van der Waals surface area (Å²) in [6, 6.07) is 3.18. The Bertz CT molecular complexity index is 640. The predicted octanol–water partition coefficient (Wildman–Crippen LogP) is 3.21.